The maximum Gasteiger partial charge on any atom is 0.0980 e. The summed E-state index contributed by atoms with van der Waals surface area (Å²) in [6.45, 7) is 0.383. The molecule has 0 spiro atoms. The summed E-state index contributed by atoms with van der Waals surface area (Å²) in [6, 6.07) is 5.53. The maximum absolute atomic E-state index is 12.4. The van der Waals surface area contributed by atoms with E-state index < -0.39 is 0 Å². The second-order valence-corrected chi connectivity index (χ2v) is 3.40. The summed E-state index contributed by atoms with van der Waals surface area (Å²) in [4.78, 5) is 0. The second-order valence-electron chi connectivity index (χ2n) is 2.96. The van der Waals surface area contributed by atoms with Crippen molar-refractivity contribution in [3.8, 4) is 0 Å². The first kappa shape index (κ1) is 7.87. The highest BCUT2D eigenvalue weighted by atomic mass is 35.5. The number of alkyl halides is 1. The Morgan fingerprint density at radius 1 is 1.58 bits per heavy atom. The third-order valence-electron chi connectivity index (χ3n) is 2.18. The van der Waals surface area contributed by atoms with Gasteiger partial charge in [0.1, 0.15) is 0 Å². The van der Waals surface area contributed by atoms with E-state index in [0.29, 0.717) is 11.6 Å². The van der Waals surface area contributed by atoms with E-state index in [1.807, 2.05) is 12.1 Å². The van der Waals surface area contributed by atoms with Crippen LogP contribution in [0.25, 0.3) is 0 Å². The number of rotatable bonds is 1. The molecule has 12 heavy (non-hydrogen) atoms. The van der Waals surface area contributed by atoms with E-state index in [2.05, 4.69) is 5.32 Å². The second kappa shape index (κ2) is 2.94. The molecular formula is C9H9ClFN. The van der Waals surface area contributed by atoms with Gasteiger partial charge in [0.2, 0.25) is 0 Å². The molecule has 1 atom stereocenters. The first-order chi connectivity index (χ1) is 5.81. The number of hydrogen-bond acceptors (Lipinski definition) is 1. The van der Waals surface area contributed by atoms with Gasteiger partial charge >= 0.3 is 0 Å². The number of nitrogens with one attached hydrogen (secondary N) is 1. The van der Waals surface area contributed by atoms with Gasteiger partial charge in [0, 0.05) is 23.2 Å². The topological polar surface area (TPSA) is 12.0 Å². The van der Waals surface area contributed by atoms with Crippen LogP contribution in [-0.4, -0.2) is 13.2 Å². The van der Waals surface area contributed by atoms with Crippen LogP contribution in [0.2, 0.25) is 5.02 Å². The van der Waals surface area contributed by atoms with Crippen LogP contribution in [0.1, 0.15) is 11.5 Å². The Labute approximate surface area is 75.5 Å². The molecule has 1 aromatic rings. The van der Waals surface area contributed by atoms with Crippen molar-refractivity contribution in [3.63, 3.8) is 0 Å². The molecule has 1 N–H and O–H groups in total. The van der Waals surface area contributed by atoms with Crippen molar-refractivity contribution in [2.45, 2.75) is 5.92 Å². The largest absolute Gasteiger partial charge is 0.384 e. The standard InChI is InChI=1S/C9H9ClFN/c10-7-1-2-8-6(4-11)5-12-9(8)3-7/h1-3,6,12H,4-5H2. The van der Waals surface area contributed by atoms with Crippen LogP contribution >= 0.6 is 11.6 Å². The molecule has 64 valence electrons. The molecule has 1 unspecified atom stereocenters. The third-order valence-corrected chi connectivity index (χ3v) is 2.42. The van der Waals surface area contributed by atoms with E-state index in [1.165, 1.54) is 0 Å². The Balaban J connectivity index is 2.40. The van der Waals surface area contributed by atoms with Crippen molar-refractivity contribution >= 4 is 17.3 Å². The van der Waals surface area contributed by atoms with Gasteiger partial charge in [-0.05, 0) is 17.7 Å². The van der Waals surface area contributed by atoms with Crippen molar-refractivity contribution in [2.75, 3.05) is 18.5 Å². The molecule has 1 heterocycles. The number of hydrogen-bond donors (Lipinski definition) is 1. The average Bonchev–Trinajstić information content (AvgIpc) is 2.46. The molecule has 0 saturated heterocycles. The summed E-state index contributed by atoms with van der Waals surface area (Å²) in [5.41, 5.74) is 2.02. The Kier molecular flexibility index (Phi) is 1.93. The molecule has 0 radical (unpaired) electrons. The van der Waals surface area contributed by atoms with Crippen LogP contribution in [0.3, 0.4) is 0 Å². The smallest absolute Gasteiger partial charge is 0.0980 e. The SMILES string of the molecule is FCC1CNc2cc(Cl)ccc21. The van der Waals surface area contributed by atoms with Gasteiger partial charge in [0.15, 0.2) is 0 Å². The highest BCUT2D eigenvalue weighted by molar-refractivity contribution is 6.30. The van der Waals surface area contributed by atoms with Gasteiger partial charge in [-0.1, -0.05) is 17.7 Å². The number of benzene rings is 1. The predicted octanol–water partition coefficient (Wildman–Crippen LogP) is 2.82. The quantitative estimate of drug-likeness (QED) is 0.710. The molecule has 0 aromatic heterocycles. The third kappa shape index (κ3) is 1.16. The zero-order valence-electron chi connectivity index (χ0n) is 6.48. The van der Waals surface area contributed by atoms with E-state index in [1.54, 1.807) is 6.07 Å². The van der Waals surface area contributed by atoms with Crippen molar-refractivity contribution in [1.29, 1.82) is 0 Å². The molecule has 1 aromatic carbocycles. The fourth-order valence-corrected chi connectivity index (χ4v) is 1.69. The van der Waals surface area contributed by atoms with E-state index in [-0.39, 0.29) is 12.6 Å². The van der Waals surface area contributed by atoms with Crippen molar-refractivity contribution < 1.29 is 4.39 Å². The van der Waals surface area contributed by atoms with Crippen molar-refractivity contribution in [1.82, 2.24) is 0 Å². The Morgan fingerprint density at radius 3 is 3.17 bits per heavy atom. The Bertz CT molecular complexity index is 301. The molecule has 2 rings (SSSR count). The van der Waals surface area contributed by atoms with Crippen LogP contribution in [0, 0.1) is 0 Å². The zero-order chi connectivity index (χ0) is 8.55. The van der Waals surface area contributed by atoms with Gasteiger partial charge in [0.25, 0.3) is 0 Å². The number of anilines is 1. The number of halogens is 2. The van der Waals surface area contributed by atoms with Gasteiger partial charge in [-0.2, -0.15) is 0 Å². The summed E-state index contributed by atoms with van der Waals surface area (Å²) in [5, 5.41) is 3.81. The lowest BCUT2D eigenvalue weighted by molar-refractivity contribution is 0.447. The van der Waals surface area contributed by atoms with Crippen LogP contribution in [0.5, 0.6) is 0 Å². The zero-order valence-corrected chi connectivity index (χ0v) is 7.24. The fourth-order valence-electron chi connectivity index (χ4n) is 1.52. The first-order valence-corrected chi connectivity index (χ1v) is 4.28. The highest BCUT2D eigenvalue weighted by Crippen LogP contribution is 2.33. The number of fused-ring (bicyclic) bond motifs is 1. The normalized spacial score (nSPS) is 20.3. The Hall–Kier alpha value is -0.760. The molecular weight excluding hydrogens is 177 g/mol. The first-order valence-electron chi connectivity index (χ1n) is 3.90. The van der Waals surface area contributed by atoms with Crippen LogP contribution in [0.4, 0.5) is 10.1 Å². The summed E-state index contributed by atoms with van der Waals surface area (Å²) >= 11 is 5.78. The van der Waals surface area contributed by atoms with Gasteiger partial charge < -0.3 is 5.32 Å². The monoisotopic (exact) mass is 185 g/mol. The summed E-state index contributed by atoms with van der Waals surface area (Å²) in [5.74, 6) is 0.0114. The van der Waals surface area contributed by atoms with Crippen molar-refractivity contribution in [3.05, 3.63) is 28.8 Å². The fraction of sp³-hybridized carbons (Fsp3) is 0.333. The molecule has 1 aliphatic heterocycles. The molecule has 0 saturated carbocycles. The summed E-state index contributed by atoms with van der Waals surface area (Å²) in [6.07, 6.45) is 0. The lowest BCUT2D eigenvalue weighted by Gasteiger charge is -2.03. The maximum atomic E-state index is 12.4. The van der Waals surface area contributed by atoms with E-state index >= 15 is 0 Å². The minimum atomic E-state index is -0.304. The summed E-state index contributed by atoms with van der Waals surface area (Å²) < 4.78 is 12.4. The van der Waals surface area contributed by atoms with Crippen molar-refractivity contribution in [2.24, 2.45) is 0 Å². The highest BCUT2D eigenvalue weighted by Gasteiger charge is 2.21. The van der Waals surface area contributed by atoms with Gasteiger partial charge in [-0.3, -0.25) is 4.39 Å². The molecule has 3 heteroatoms. The molecule has 0 aliphatic carbocycles. The molecule has 0 bridgehead atoms. The van der Waals surface area contributed by atoms with Crippen LogP contribution < -0.4 is 5.32 Å². The van der Waals surface area contributed by atoms with Gasteiger partial charge in [0.05, 0.1) is 6.67 Å². The van der Waals surface area contributed by atoms with Gasteiger partial charge in [-0.15, -0.1) is 0 Å². The average molecular weight is 186 g/mol. The lowest BCUT2D eigenvalue weighted by Crippen LogP contribution is -2.02. The predicted molar refractivity (Wildman–Crippen MR) is 48.7 cm³/mol. The summed E-state index contributed by atoms with van der Waals surface area (Å²) in [7, 11) is 0. The minimum absolute atomic E-state index is 0.0114. The van der Waals surface area contributed by atoms with Crippen LogP contribution in [-0.2, 0) is 0 Å². The lowest BCUT2D eigenvalue weighted by atomic mass is 10.0. The van der Waals surface area contributed by atoms with E-state index in [9.17, 15) is 4.39 Å². The van der Waals surface area contributed by atoms with E-state index in [4.69, 9.17) is 11.6 Å². The van der Waals surface area contributed by atoms with E-state index in [0.717, 1.165) is 11.3 Å². The molecule has 0 amide bonds. The molecule has 1 nitrogen and oxygen atoms in total. The van der Waals surface area contributed by atoms with Gasteiger partial charge in [-0.25, -0.2) is 0 Å². The minimum Gasteiger partial charge on any atom is -0.384 e. The van der Waals surface area contributed by atoms with Crippen LogP contribution in [0.15, 0.2) is 18.2 Å². The molecule has 1 aliphatic rings. The molecule has 0 fully saturated rings. The Morgan fingerprint density at radius 2 is 2.42 bits per heavy atom.